The number of rotatable bonds is 10. The number of aliphatic carboxylic acids is 1. The molecule has 0 bridgehead atoms. The van der Waals surface area contributed by atoms with E-state index in [0.29, 0.717) is 34.9 Å². The van der Waals surface area contributed by atoms with Gasteiger partial charge in [-0.25, -0.2) is 4.79 Å². The number of methoxy groups -OCH3 is 1. The second-order valence-electron chi connectivity index (χ2n) is 8.37. The molecule has 0 aliphatic rings. The fourth-order valence-electron chi connectivity index (χ4n) is 3.26. The average Bonchev–Trinajstić information content (AvgIpc) is 2.86. The monoisotopic (exact) mass is 473 g/mol. The van der Waals surface area contributed by atoms with Crippen LogP contribution in [0.4, 0.5) is 5.69 Å². The number of carbonyl (C=O) groups excluding carboxylic acids is 1. The zero-order valence-corrected chi connectivity index (χ0v) is 19.7. The van der Waals surface area contributed by atoms with E-state index in [1.54, 1.807) is 42.5 Å². The molecular formula is C27H27N3O5. The molecule has 0 aliphatic carbocycles. The molecule has 0 aliphatic heterocycles. The first-order valence-electron chi connectivity index (χ1n) is 10.9. The van der Waals surface area contributed by atoms with Crippen LogP contribution in [0.5, 0.6) is 11.5 Å². The fraction of sp³-hybridized carbons (Fsp3) is 0.222. The van der Waals surface area contributed by atoms with Crippen LogP contribution in [0, 0.1) is 11.3 Å². The maximum Gasteiger partial charge on any atom is 0.328 e. The number of hydrogen-bond donors (Lipinski definition) is 3. The van der Waals surface area contributed by atoms with Crippen LogP contribution in [0.1, 0.15) is 36.6 Å². The van der Waals surface area contributed by atoms with E-state index in [0.717, 1.165) is 5.56 Å². The van der Waals surface area contributed by atoms with Crippen molar-refractivity contribution in [2.24, 2.45) is 0 Å². The molecule has 0 fully saturated rings. The predicted octanol–water partition coefficient (Wildman–Crippen LogP) is 4.28. The number of nitrogens with one attached hydrogen (secondary N) is 2. The molecule has 0 saturated heterocycles. The Kier molecular flexibility index (Phi) is 7.95. The smallest absolute Gasteiger partial charge is 0.328 e. The third kappa shape index (κ3) is 6.51. The lowest BCUT2D eigenvalue weighted by Gasteiger charge is -2.26. The van der Waals surface area contributed by atoms with E-state index >= 15 is 0 Å². The van der Waals surface area contributed by atoms with Crippen LogP contribution in [0.3, 0.4) is 0 Å². The van der Waals surface area contributed by atoms with Gasteiger partial charge in [0, 0.05) is 5.69 Å². The van der Waals surface area contributed by atoms with Gasteiger partial charge < -0.3 is 25.2 Å². The summed E-state index contributed by atoms with van der Waals surface area (Å²) >= 11 is 0. The number of carbonyl (C=O) groups is 2. The van der Waals surface area contributed by atoms with Crippen LogP contribution in [-0.2, 0) is 16.2 Å². The van der Waals surface area contributed by atoms with E-state index < -0.39 is 23.5 Å². The first-order valence-corrected chi connectivity index (χ1v) is 10.9. The Hall–Kier alpha value is -4.51. The van der Waals surface area contributed by atoms with Crippen LogP contribution in [0.15, 0.2) is 72.8 Å². The van der Waals surface area contributed by atoms with Crippen molar-refractivity contribution in [2.45, 2.75) is 32.0 Å². The lowest BCUT2D eigenvalue weighted by atomic mass is 10.0. The van der Waals surface area contributed by atoms with Crippen molar-refractivity contribution in [2.75, 3.05) is 12.4 Å². The number of benzene rings is 3. The Morgan fingerprint density at radius 2 is 1.71 bits per heavy atom. The van der Waals surface area contributed by atoms with Crippen molar-refractivity contribution in [3.8, 4) is 17.6 Å². The summed E-state index contributed by atoms with van der Waals surface area (Å²) in [5, 5.41) is 24.2. The predicted molar refractivity (Wildman–Crippen MR) is 131 cm³/mol. The summed E-state index contributed by atoms with van der Waals surface area (Å²) in [4.78, 5) is 24.8. The molecule has 180 valence electrons. The van der Waals surface area contributed by atoms with Crippen molar-refractivity contribution in [3.63, 3.8) is 0 Å². The summed E-state index contributed by atoms with van der Waals surface area (Å²) in [6.07, 6.45) is 0. The molecule has 0 aromatic heterocycles. The Bertz CT molecular complexity index is 1220. The number of nitriles is 1. The molecular weight excluding hydrogens is 446 g/mol. The molecule has 1 atom stereocenters. The SMILES string of the molecule is COc1cc(C(Nc2ccc(C#N)cc2)C(=O)NC(C)(C)C(=O)O)ccc1OCc1ccccc1. The lowest BCUT2D eigenvalue weighted by molar-refractivity contribution is -0.146. The van der Waals surface area contributed by atoms with Crippen LogP contribution >= 0.6 is 0 Å². The quantitative estimate of drug-likeness (QED) is 0.402. The maximum atomic E-state index is 13.2. The van der Waals surface area contributed by atoms with E-state index in [-0.39, 0.29) is 0 Å². The number of carboxylic acids is 1. The van der Waals surface area contributed by atoms with E-state index in [1.165, 1.54) is 21.0 Å². The van der Waals surface area contributed by atoms with Gasteiger partial charge in [0.25, 0.3) is 0 Å². The van der Waals surface area contributed by atoms with Gasteiger partial charge in [-0.15, -0.1) is 0 Å². The van der Waals surface area contributed by atoms with Gasteiger partial charge in [0.1, 0.15) is 18.2 Å². The summed E-state index contributed by atoms with van der Waals surface area (Å²) in [6, 6.07) is 22.5. The second kappa shape index (κ2) is 11.1. The highest BCUT2D eigenvalue weighted by Gasteiger charge is 2.33. The van der Waals surface area contributed by atoms with Crippen molar-refractivity contribution in [3.05, 3.63) is 89.5 Å². The van der Waals surface area contributed by atoms with Crippen LogP contribution < -0.4 is 20.1 Å². The van der Waals surface area contributed by atoms with Gasteiger partial charge in [-0.3, -0.25) is 4.79 Å². The van der Waals surface area contributed by atoms with Crippen LogP contribution in [-0.4, -0.2) is 29.6 Å². The average molecular weight is 474 g/mol. The molecule has 3 N–H and O–H groups in total. The molecule has 8 nitrogen and oxygen atoms in total. The minimum absolute atomic E-state index is 0.344. The Labute approximate surface area is 204 Å². The van der Waals surface area contributed by atoms with Crippen LogP contribution in [0.25, 0.3) is 0 Å². The standard InChI is InChI=1S/C27H27N3O5/c1-27(2,26(32)33)30-25(31)24(29-21-12-9-18(16-28)10-13-21)20-11-14-22(23(15-20)34-3)35-17-19-7-5-4-6-8-19/h4-15,24,29H,17H2,1-3H3,(H,30,31)(H,32,33). The second-order valence-corrected chi connectivity index (χ2v) is 8.37. The van der Waals surface area contributed by atoms with Gasteiger partial charge in [-0.05, 0) is 61.4 Å². The zero-order chi connectivity index (χ0) is 25.4. The molecule has 8 heteroatoms. The summed E-state index contributed by atoms with van der Waals surface area (Å²) in [5.74, 6) is -0.772. The highest BCUT2D eigenvalue weighted by molar-refractivity contribution is 5.91. The van der Waals surface area contributed by atoms with E-state index in [9.17, 15) is 14.7 Å². The Morgan fingerprint density at radius 1 is 1.03 bits per heavy atom. The third-order valence-electron chi connectivity index (χ3n) is 5.32. The number of amides is 1. The number of ether oxygens (including phenoxy) is 2. The van der Waals surface area contributed by atoms with Crippen molar-refractivity contribution in [1.82, 2.24) is 5.32 Å². The maximum absolute atomic E-state index is 13.2. The molecule has 0 heterocycles. The highest BCUT2D eigenvalue weighted by atomic mass is 16.5. The summed E-state index contributed by atoms with van der Waals surface area (Å²) < 4.78 is 11.4. The zero-order valence-electron chi connectivity index (χ0n) is 19.7. The number of nitrogens with zero attached hydrogens (tertiary/aromatic N) is 1. The number of hydrogen-bond acceptors (Lipinski definition) is 6. The van der Waals surface area contributed by atoms with Crippen LogP contribution in [0.2, 0.25) is 0 Å². The molecule has 0 saturated carbocycles. The highest BCUT2D eigenvalue weighted by Crippen LogP contribution is 2.32. The largest absolute Gasteiger partial charge is 0.493 e. The van der Waals surface area contributed by atoms with Crippen molar-refractivity contribution in [1.29, 1.82) is 5.26 Å². The first kappa shape index (κ1) is 25.1. The molecule has 1 amide bonds. The molecule has 3 aromatic rings. The molecule has 3 aromatic carbocycles. The van der Waals surface area contributed by atoms with Gasteiger partial charge in [0.15, 0.2) is 11.5 Å². The Morgan fingerprint density at radius 3 is 2.31 bits per heavy atom. The summed E-state index contributed by atoms with van der Waals surface area (Å²) in [7, 11) is 1.51. The third-order valence-corrected chi connectivity index (χ3v) is 5.32. The van der Waals surface area contributed by atoms with Gasteiger partial charge in [0.05, 0.1) is 18.7 Å². The fourth-order valence-corrected chi connectivity index (χ4v) is 3.26. The van der Waals surface area contributed by atoms with Gasteiger partial charge in [-0.1, -0.05) is 36.4 Å². The van der Waals surface area contributed by atoms with E-state index in [1.807, 2.05) is 36.4 Å². The minimum atomic E-state index is -1.48. The first-order chi connectivity index (χ1) is 16.7. The minimum Gasteiger partial charge on any atom is -0.493 e. The van der Waals surface area contributed by atoms with Gasteiger partial charge >= 0.3 is 5.97 Å². The van der Waals surface area contributed by atoms with Crippen molar-refractivity contribution < 1.29 is 24.2 Å². The van der Waals surface area contributed by atoms with Crippen molar-refractivity contribution >= 4 is 17.6 Å². The Balaban J connectivity index is 1.90. The summed E-state index contributed by atoms with van der Waals surface area (Å²) in [6.45, 7) is 3.16. The summed E-state index contributed by atoms with van der Waals surface area (Å²) in [5.41, 5.74) is 1.11. The number of anilines is 1. The molecule has 35 heavy (non-hydrogen) atoms. The van der Waals surface area contributed by atoms with Gasteiger partial charge in [-0.2, -0.15) is 5.26 Å². The topological polar surface area (TPSA) is 121 Å². The van der Waals surface area contributed by atoms with E-state index in [4.69, 9.17) is 14.7 Å². The molecule has 3 rings (SSSR count). The molecule has 0 radical (unpaired) electrons. The lowest BCUT2D eigenvalue weighted by Crippen LogP contribution is -2.52. The normalized spacial score (nSPS) is 11.6. The molecule has 0 spiro atoms. The number of carboxylic acid groups (broad SMARTS) is 1. The van der Waals surface area contributed by atoms with Gasteiger partial charge in [0.2, 0.25) is 5.91 Å². The van der Waals surface area contributed by atoms with E-state index in [2.05, 4.69) is 10.6 Å². The molecule has 1 unspecified atom stereocenters.